The first kappa shape index (κ1) is 21.5. The van der Waals surface area contributed by atoms with Crippen LogP contribution in [0, 0.1) is 6.92 Å². The highest BCUT2D eigenvalue weighted by molar-refractivity contribution is 7.19. The van der Waals surface area contributed by atoms with Gasteiger partial charge in [-0.25, -0.2) is 4.98 Å². The molecule has 2 aromatic carbocycles. The van der Waals surface area contributed by atoms with Crippen LogP contribution in [-0.4, -0.2) is 46.4 Å². The second-order valence-electron chi connectivity index (χ2n) is 7.99. The third kappa shape index (κ3) is 4.08. The summed E-state index contributed by atoms with van der Waals surface area (Å²) < 4.78 is 41.0. The zero-order valence-electron chi connectivity index (χ0n) is 17.8. The topological polar surface area (TPSA) is 40.9 Å². The number of hydrogen-bond donors (Lipinski definition) is 0. The number of halogens is 3. The quantitative estimate of drug-likeness (QED) is 0.405. The van der Waals surface area contributed by atoms with E-state index in [0.29, 0.717) is 36.7 Å². The SMILES string of the molecule is Cc1c(C(=O)N2CCN(c3cccc(C(F)(F)F)c3)CC2)sc2nc(-c3ccccc3)cn12. The molecule has 170 valence electrons. The highest BCUT2D eigenvalue weighted by atomic mass is 32.1. The number of thiazole rings is 1. The van der Waals surface area contributed by atoms with Gasteiger partial charge in [0.15, 0.2) is 4.96 Å². The number of rotatable bonds is 3. The number of benzene rings is 2. The lowest BCUT2D eigenvalue weighted by molar-refractivity contribution is -0.137. The number of alkyl halides is 3. The van der Waals surface area contributed by atoms with E-state index in [1.807, 2.05) is 52.8 Å². The Bertz CT molecular complexity index is 1300. The number of aryl methyl sites for hydroxylation is 1. The zero-order valence-corrected chi connectivity index (χ0v) is 18.7. The van der Waals surface area contributed by atoms with Crippen LogP contribution in [0.15, 0.2) is 60.8 Å². The van der Waals surface area contributed by atoms with Crippen molar-refractivity contribution in [3.63, 3.8) is 0 Å². The molecule has 4 aromatic rings. The molecule has 0 spiro atoms. The lowest BCUT2D eigenvalue weighted by Crippen LogP contribution is -2.48. The minimum absolute atomic E-state index is 0.0621. The number of amides is 1. The molecule has 5 rings (SSSR count). The third-order valence-electron chi connectivity index (χ3n) is 5.93. The van der Waals surface area contributed by atoms with Crippen LogP contribution in [0.3, 0.4) is 0 Å². The lowest BCUT2D eigenvalue weighted by Gasteiger charge is -2.36. The van der Waals surface area contributed by atoms with E-state index in [-0.39, 0.29) is 5.91 Å². The molecule has 33 heavy (non-hydrogen) atoms. The number of carbonyl (C=O) groups is 1. The lowest BCUT2D eigenvalue weighted by atomic mass is 10.1. The minimum atomic E-state index is -4.37. The number of imidazole rings is 1. The predicted molar refractivity (Wildman–Crippen MR) is 123 cm³/mol. The summed E-state index contributed by atoms with van der Waals surface area (Å²) >= 11 is 1.37. The van der Waals surface area contributed by atoms with E-state index >= 15 is 0 Å². The van der Waals surface area contributed by atoms with Crippen molar-refractivity contribution in [3.8, 4) is 11.3 Å². The molecule has 0 saturated carbocycles. The van der Waals surface area contributed by atoms with Crippen molar-refractivity contribution in [1.29, 1.82) is 0 Å². The molecule has 1 amide bonds. The van der Waals surface area contributed by atoms with Gasteiger partial charge in [0, 0.05) is 49.3 Å². The summed E-state index contributed by atoms with van der Waals surface area (Å²) in [6, 6.07) is 15.2. The molecular weight excluding hydrogens is 449 g/mol. The van der Waals surface area contributed by atoms with E-state index in [4.69, 9.17) is 0 Å². The fraction of sp³-hybridized carbons (Fsp3) is 0.250. The monoisotopic (exact) mass is 470 g/mol. The average Bonchev–Trinajstić information content (AvgIpc) is 3.38. The highest BCUT2D eigenvalue weighted by Crippen LogP contribution is 2.32. The number of carbonyl (C=O) groups excluding carboxylic acids is 1. The molecule has 1 aliphatic rings. The smallest absolute Gasteiger partial charge is 0.368 e. The summed E-state index contributed by atoms with van der Waals surface area (Å²) in [6.07, 6.45) is -2.43. The normalized spacial score (nSPS) is 14.8. The maximum Gasteiger partial charge on any atom is 0.416 e. The fourth-order valence-electron chi connectivity index (χ4n) is 4.09. The van der Waals surface area contributed by atoms with Crippen molar-refractivity contribution in [2.24, 2.45) is 0 Å². The van der Waals surface area contributed by atoms with Crippen molar-refractivity contribution in [3.05, 3.63) is 76.9 Å². The third-order valence-corrected chi connectivity index (χ3v) is 7.07. The van der Waals surface area contributed by atoms with Crippen LogP contribution < -0.4 is 4.90 Å². The molecule has 5 nitrogen and oxygen atoms in total. The molecule has 0 aliphatic carbocycles. The van der Waals surface area contributed by atoms with Crippen LogP contribution in [0.5, 0.6) is 0 Å². The summed E-state index contributed by atoms with van der Waals surface area (Å²) in [5.74, 6) is -0.0621. The zero-order chi connectivity index (χ0) is 23.2. The first-order chi connectivity index (χ1) is 15.8. The van der Waals surface area contributed by atoms with Gasteiger partial charge in [-0.15, -0.1) is 0 Å². The summed E-state index contributed by atoms with van der Waals surface area (Å²) in [4.78, 5) is 22.9. The van der Waals surface area contributed by atoms with E-state index in [1.54, 1.807) is 11.0 Å². The van der Waals surface area contributed by atoms with Crippen molar-refractivity contribution in [1.82, 2.24) is 14.3 Å². The van der Waals surface area contributed by atoms with Gasteiger partial charge in [-0.3, -0.25) is 9.20 Å². The van der Waals surface area contributed by atoms with Gasteiger partial charge in [0.05, 0.1) is 11.3 Å². The highest BCUT2D eigenvalue weighted by Gasteiger charge is 2.31. The maximum atomic E-state index is 13.2. The standard InChI is InChI=1S/C24H21F3N4OS/c1-16-21(33-23-28-20(15-31(16)23)17-6-3-2-4-7-17)22(32)30-12-10-29(11-13-30)19-9-5-8-18(14-19)24(25,26)27/h2-9,14-15H,10-13H2,1H3. The van der Waals surface area contributed by atoms with E-state index in [2.05, 4.69) is 4.98 Å². The molecule has 0 radical (unpaired) electrons. The van der Waals surface area contributed by atoms with Gasteiger partial charge in [-0.1, -0.05) is 47.7 Å². The fourth-order valence-corrected chi connectivity index (χ4v) is 5.16. The molecule has 3 heterocycles. The van der Waals surface area contributed by atoms with Crippen LogP contribution in [0.25, 0.3) is 16.2 Å². The summed E-state index contributed by atoms with van der Waals surface area (Å²) in [7, 11) is 0. The largest absolute Gasteiger partial charge is 0.416 e. The maximum absolute atomic E-state index is 13.2. The van der Waals surface area contributed by atoms with Crippen molar-refractivity contribution in [2.75, 3.05) is 31.1 Å². The van der Waals surface area contributed by atoms with Gasteiger partial charge < -0.3 is 9.80 Å². The van der Waals surface area contributed by atoms with E-state index in [1.165, 1.54) is 23.5 Å². The van der Waals surface area contributed by atoms with Gasteiger partial charge in [-0.2, -0.15) is 13.2 Å². The number of piperazine rings is 1. The summed E-state index contributed by atoms with van der Waals surface area (Å²) in [6.45, 7) is 3.76. The Kier molecular flexibility index (Phi) is 5.36. The Balaban J connectivity index is 1.30. The van der Waals surface area contributed by atoms with E-state index in [0.717, 1.165) is 28.0 Å². The van der Waals surface area contributed by atoms with Crippen molar-refractivity contribution in [2.45, 2.75) is 13.1 Å². The van der Waals surface area contributed by atoms with E-state index in [9.17, 15) is 18.0 Å². The minimum Gasteiger partial charge on any atom is -0.368 e. The first-order valence-electron chi connectivity index (χ1n) is 10.6. The molecule has 2 aromatic heterocycles. The number of hydrogen-bond acceptors (Lipinski definition) is 4. The molecule has 1 aliphatic heterocycles. The molecular formula is C24H21F3N4OS. The van der Waals surface area contributed by atoms with Crippen LogP contribution in [0.1, 0.15) is 20.9 Å². The van der Waals surface area contributed by atoms with Crippen LogP contribution in [0.4, 0.5) is 18.9 Å². The first-order valence-corrected chi connectivity index (χ1v) is 11.4. The Morgan fingerprint density at radius 3 is 2.39 bits per heavy atom. The van der Waals surface area contributed by atoms with Crippen LogP contribution in [0.2, 0.25) is 0 Å². The van der Waals surface area contributed by atoms with Gasteiger partial charge in [-0.05, 0) is 25.1 Å². The van der Waals surface area contributed by atoms with Crippen LogP contribution >= 0.6 is 11.3 Å². The number of aromatic nitrogens is 2. The van der Waals surface area contributed by atoms with Gasteiger partial charge >= 0.3 is 6.18 Å². The summed E-state index contributed by atoms with van der Waals surface area (Å²) in [5, 5.41) is 0. The Hall–Kier alpha value is -3.33. The number of anilines is 1. The van der Waals surface area contributed by atoms with Gasteiger partial charge in [0.2, 0.25) is 0 Å². The molecule has 1 fully saturated rings. The molecule has 0 N–H and O–H groups in total. The molecule has 0 bridgehead atoms. The second kappa shape index (κ2) is 8.22. The molecule has 9 heteroatoms. The van der Waals surface area contributed by atoms with Gasteiger partial charge in [0.25, 0.3) is 5.91 Å². The second-order valence-corrected chi connectivity index (χ2v) is 8.97. The van der Waals surface area contributed by atoms with Crippen molar-refractivity contribution < 1.29 is 18.0 Å². The summed E-state index contributed by atoms with van der Waals surface area (Å²) in [5.41, 5.74) is 2.59. The number of fused-ring (bicyclic) bond motifs is 1. The number of nitrogens with zero attached hydrogens (tertiary/aromatic N) is 4. The Morgan fingerprint density at radius 2 is 1.73 bits per heavy atom. The predicted octanol–water partition coefficient (Wildman–Crippen LogP) is 5.35. The van der Waals surface area contributed by atoms with Gasteiger partial charge in [0.1, 0.15) is 4.88 Å². The Labute approximate surface area is 192 Å². The molecule has 1 saturated heterocycles. The van der Waals surface area contributed by atoms with Crippen molar-refractivity contribution >= 4 is 27.9 Å². The molecule has 0 atom stereocenters. The Morgan fingerprint density at radius 1 is 1.00 bits per heavy atom. The average molecular weight is 471 g/mol. The molecule has 0 unspecified atom stereocenters. The van der Waals surface area contributed by atoms with Crippen LogP contribution in [-0.2, 0) is 6.18 Å². The van der Waals surface area contributed by atoms with E-state index < -0.39 is 11.7 Å².